The van der Waals surface area contributed by atoms with Crippen LogP contribution in [0.4, 0.5) is 0 Å². The number of rotatable bonds is 3. The molecule has 0 saturated carbocycles. The Morgan fingerprint density at radius 2 is 1.69 bits per heavy atom. The SMILES string of the molecule is CC(SC=O)C1C(=O)c2ccccc2C1=O. The van der Waals surface area contributed by atoms with Gasteiger partial charge in [-0.15, -0.1) is 0 Å². The first kappa shape index (κ1) is 11.1. The van der Waals surface area contributed by atoms with Crippen LogP contribution < -0.4 is 0 Å². The molecule has 0 aromatic heterocycles. The molecule has 0 amide bonds. The molecule has 0 spiro atoms. The monoisotopic (exact) mass is 234 g/mol. The van der Waals surface area contributed by atoms with Gasteiger partial charge in [0.25, 0.3) is 0 Å². The second-order valence-electron chi connectivity index (χ2n) is 3.69. The summed E-state index contributed by atoms with van der Waals surface area (Å²) in [6.45, 7) is 1.73. The Hall–Kier alpha value is -1.42. The average molecular weight is 234 g/mol. The van der Waals surface area contributed by atoms with E-state index in [0.717, 1.165) is 11.8 Å². The van der Waals surface area contributed by atoms with E-state index in [0.29, 0.717) is 16.7 Å². The molecule has 1 aromatic carbocycles. The summed E-state index contributed by atoms with van der Waals surface area (Å²) in [6.07, 6.45) is 0. The smallest absolute Gasteiger partial charge is 0.176 e. The zero-order valence-electron chi connectivity index (χ0n) is 8.67. The van der Waals surface area contributed by atoms with Crippen molar-refractivity contribution < 1.29 is 14.4 Å². The second kappa shape index (κ2) is 4.22. The van der Waals surface area contributed by atoms with Gasteiger partial charge in [0, 0.05) is 16.4 Å². The van der Waals surface area contributed by atoms with Crippen LogP contribution in [-0.2, 0) is 4.79 Å². The molecule has 0 N–H and O–H groups in total. The van der Waals surface area contributed by atoms with Crippen molar-refractivity contribution in [1.29, 1.82) is 0 Å². The van der Waals surface area contributed by atoms with Crippen LogP contribution in [0.3, 0.4) is 0 Å². The minimum atomic E-state index is -0.701. The Balaban J connectivity index is 2.38. The summed E-state index contributed by atoms with van der Waals surface area (Å²) < 4.78 is 0. The van der Waals surface area contributed by atoms with Crippen molar-refractivity contribution in [3.8, 4) is 0 Å². The highest BCUT2D eigenvalue weighted by molar-refractivity contribution is 8.12. The predicted octanol–water partition coefficient (Wildman–Crippen LogP) is 1.99. The zero-order chi connectivity index (χ0) is 11.7. The normalized spacial score (nSPS) is 17.3. The molecule has 0 radical (unpaired) electrons. The van der Waals surface area contributed by atoms with Gasteiger partial charge in [0.2, 0.25) is 0 Å². The van der Waals surface area contributed by atoms with Gasteiger partial charge < -0.3 is 0 Å². The maximum absolute atomic E-state index is 12.0. The third-order valence-electron chi connectivity index (χ3n) is 2.76. The van der Waals surface area contributed by atoms with Crippen molar-refractivity contribution in [2.45, 2.75) is 12.2 Å². The molecule has 1 aliphatic rings. The van der Waals surface area contributed by atoms with Gasteiger partial charge in [-0.1, -0.05) is 43.0 Å². The molecular formula is C12H10O3S. The fourth-order valence-corrected chi connectivity index (χ4v) is 2.54. The Morgan fingerprint density at radius 1 is 1.19 bits per heavy atom. The van der Waals surface area contributed by atoms with Crippen molar-refractivity contribution in [1.82, 2.24) is 0 Å². The Bertz CT molecular complexity index is 432. The molecule has 0 bridgehead atoms. The molecule has 0 fully saturated rings. The lowest BCUT2D eigenvalue weighted by molar-refractivity contribution is 0.0840. The molecular weight excluding hydrogens is 224 g/mol. The number of thioether (sulfide) groups is 1. The molecule has 2 rings (SSSR count). The van der Waals surface area contributed by atoms with Crippen LogP contribution in [0.5, 0.6) is 0 Å². The Labute approximate surface area is 97.2 Å². The fourth-order valence-electron chi connectivity index (χ4n) is 1.96. The number of hydrogen-bond donors (Lipinski definition) is 0. The van der Waals surface area contributed by atoms with Crippen molar-refractivity contribution in [3.05, 3.63) is 35.4 Å². The molecule has 4 heteroatoms. The highest BCUT2D eigenvalue weighted by Crippen LogP contribution is 2.32. The zero-order valence-corrected chi connectivity index (χ0v) is 9.49. The van der Waals surface area contributed by atoms with Gasteiger partial charge in [-0.05, 0) is 0 Å². The summed E-state index contributed by atoms with van der Waals surface area (Å²) in [7, 11) is 0. The Morgan fingerprint density at radius 3 is 2.12 bits per heavy atom. The molecule has 0 heterocycles. The minimum absolute atomic E-state index is 0.164. The van der Waals surface area contributed by atoms with Crippen LogP contribution >= 0.6 is 11.8 Å². The number of fused-ring (bicyclic) bond motifs is 1. The van der Waals surface area contributed by atoms with Gasteiger partial charge in [0.1, 0.15) is 0 Å². The predicted molar refractivity (Wildman–Crippen MR) is 62.4 cm³/mol. The van der Waals surface area contributed by atoms with Crippen molar-refractivity contribution in [2.24, 2.45) is 5.92 Å². The molecule has 3 nitrogen and oxygen atoms in total. The van der Waals surface area contributed by atoms with E-state index in [1.165, 1.54) is 0 Å². The van der Waals surface area contributed by atoms with Crippen molar-refractivity contribution in [2.75, 3.05) is 0 Å². The van der Waals surface area contributed by atoms with Gasteiger partial charge in [-0.2, -0.15) is 0 Å². The summed E-state index contributed by atoms with van der Waals surface area (Å²) in [4.78, 5) is 34.3. The number of hydrogen-bond acceptors (Lipinski definition) is 4. The maximum Gasteiger partial charge on any atom is 0.176 e. The van der Waals surface area contributed by atoms with Crippen LogP contribution in [-0.4, -0.2) is 22.4 Å². The largest absolute Gasteiger partial charge is 0.293 e. The van der Waals surface area contributed by atoms with Crippen LogP contribution in [0, 0.1) is 5.92 Å². The van der Waals surface area contributed by atoms with E-state index >= 15 is 0 Å². The molecule has 0 aliphatic heterocycles. The van der Waals surface area contributed by atoms with Crippen molar-refractivity contribution in [3.63, 3.8) is 0 Å². The van der Waals surface area contributed by atoms with E-state index in [1.54, 1.807) is 31.2 Å². The van der Waals surface area contributed by atoms with E-state index in [9.17, 15) is 14.4 Å². The van der Waals surface area contributed by atoms with Crippen LogP contribution in [0.15, 0.2) is 24.3 Å². The van der Waals surface area contributed by atoms with E-state index in [1.807, 2.05) is 0 Å². The molecule has 1 atom stereocenters. The summed E-state index contributed by atoms with van der Waals surface area (Å²) in [5.41, 5.74) is 1.64. The summed E-state index contributed by atoms with van der Waals surface area (Å²) >= 11 is 0.984. The van der Waals surface area contributed by atoms with Gasteiger partial charge in [-0.25, -0.2) is 0 Å². The first-order valence-corrected chi connectivity index (χ1v) is 5.87. The van der Waals surface area contributed by atoms with E-state index in [4.69, 9.17) is 0 Å². The maximum atomic E-state index is 12.0. The topological polar surface area (TPSA) is 51.2 Å². The lowest BCUT2D eigenvalue weighted by Gasteiger charge is -2.12. The van der Waals surface area contributed by atoms with Crippen molar-refractivity contribution >= 4 is 28.9 Å². The summed E-state index contributed by atoms with van der Waals surface area (Å²) in [5, 5.41) is -0.301. The Kier molecular flexibility index (Phi) is 2.92. The molecule has 1 aliphatic carbocycles. The average Bonchev–Trinajstić information content (AvgIpc) is 2.53. The highest BCUT2D eigenvalue weighted by atomic mass is 32.2. The number of ketones is 2. The first-order chi connectivity index (χ1) is 7.66. The van der Waals surface area contributed by atoms with E-state index < -0.39 is 5.92 Å². The number of carbonyl (C=O) groups excluding carboxylic acids is 3. The second-order valence-corrected chi connectivity index (χ2v) is 4.90. The lowest BCUT2D eigenvalue weighted by atomic mass is 10.0. The lowest BCUT2D eigenvalue weighted by Crippen LogP contribution is -2.25. The first-order valence-electron chi connectivity index (χ1n) is 4.93. The highest BCUT2D eigenvalue weighted by Gasteiger charge is 2.41. The van der Waals surface area contributed by atoms with E-state index in [-0.39, 0.29) is 16.8 Å². The number of carbonyl (C=O) groups is 3. The fraction of sp³-hybridized carbons (Fsp3) is 0.250. The summed E-state index contributed by atoms with van der Waals surface area (Å²) in [5.74, 6) is -1.03. The third-order valence-corrected chi connectivity index (χ3v) is 3.58. The number of benzene rings is 1. The van der Waals surface area contributed by atoms with Crippen LogP contribution in [0.2, 0.25) is 0 Å². The van der Waals surface area contributed by atoms with Gasteiger partial charge in [0.15, 0.2) is 17.2 Å². The molecule has 0 saturated heterocycles. The molecule has 82 valence electrons. The minimum Gasteiger partial charge on any atom is -0.293 e. The van der Waals surface area contributed by atoms with Crippen LogP contribution in [0.1, 0.15) is 27.6 Å². The third kappa shape index (κ3) is 1.59. The number of Topliss-reactive ketones (excluding diaryl/α,β-unsaturated/α-hetero) is 2. The standard InChI is InChI=1S/C12H10O3S/c1-7(16-6-13)10-11(14)8-4-2-3-5-9(8)12(10)15/h2-7,10H,1H3. The van der Waals surface area contributed by atoms with Gasteiger partial charge >= 0.3 is 0 Å². The van der Waals surface area contributed by atoms with Gasteiger partial charge in [0.05, 0.1) is 5.92 Å². The quantitative estimate of drug-likeness (QED) is 0.593. The van der Waals surface area contributed by atoms with Gasteiger partial charge in [-0.3, -0.25) is 14.4 Å². The molecule has 16 heavy (non-hydrogen) atoms. The van der Waals surface area contributed by atoms with E-state index in [2.05, 4.69) is 0 Å². The molecule has 1 aromatic rings. The van der Waals surface area contributed by atoms with Crippen LogP contribution in [0.25, 0.3) is 0 Å². The molecule has 1 unspecified atom stereocenters. The summed E-state index contributed by atoms with van der Waals surface area (Å²) in [6, 6.07) is 6.80.